The van der Waals surface area contributed by atoms with Crippen molar-refractivity contribution in [3.05, 3.63) is 101 Å². The van der Waals surface area contributed by atoms with Crippen LogP contribution in [0.1, 0.15) is 5.56 Å². The summed E-state index contributed by atoms with van der Waals surface area (Å²) in [5.41, 5.74) is 4.16. The highest BCUT2D eigenvalue weighted by molar-refractivity contribution is 5.76. The van der Waals surface area contributed by atoms with Gasteiger partial charge >= 0.3 is 0 Å². The molecule has 0 unspecified atom stereocenters. The fourth-order valence-electron chi connectivity index (χ4n) is 2.85. The summed E-state index contributed by atoms with van der Waals surface area (Å²) in [7, 11) is 0. The van der Waals surface area contributed by atoms with Gasteiger partial charge in [-0.15, -0.1) is 0 Å². The van der Waals surface area contributed by atoms with Crippen LogP contribution in [-0.2, 0) is 6.54 Å². The lowest BCUT2D eigenvalue weighted by Gasteiger charge is -2.08. The van der Waals surface area contributed by atoms with Gasteiger partial charge in [0.2, 0.25) is 0 Å². The van der Waals surface area contributed by atoms with Crippen molar-refractivity contribution in [1.29, 1.82) is 0 Å². The first kappa shape index (κ1) is 14.4. The molecule has 3 aromatic carbocycles. The van der Waals surface area contributed by atoms with Crippen LogP contribution in [0.2, 0.25) is 0 Å². The number of para-hydroxylation sites is 1. The first-order valence-corrected chi connectivity index (χ1v) is 7.90. The number of fused-ring (bicyclic) bond motifs is 1. The van der Waals surface area contributed by atoms with Gasteiger partial charge in [-0.3, -0.25) is 9.36 Å². The summed E-state index contributed by atoms with van der Waals surface area (Å²) >= 11 is 0. The molecule has 3 nitrogen and oxygen atoms in total. The Bertz CT molecular complexity index is 1030. The van der Waals surface area contributed by atoms with Crippen molar-refractivity contribution < 1.29 is 0 Å². The van der Waals surface area contributed by atoms with Gasteiger partial charge in [-0.2, -0.15) is 0 Å². The third-order valence-electron chi connectivity index (χ3n) is 4.15. The van der Waals surface area contributed by atoms with E-state index in [0.717, 1.165) is 11.1 Å². The van der Waals surface area contributed by atoms with Crippen molar-refractivity contribution in [3.63, 3.8) is 0 Å². The molecule has 0 atom stereocenters. The maximum Gasteiger partial charge on any atom is 0.261 e. The van der Waals surface area contributed by atoms with Crippen molar-refractivity contribution in [2.24, 2.45) is 0 Å². The minimum atomic E-state index is -0.00673. The highest BCUT2D eigenvalue weighted by atomic mass is 16.1. The maximum absolute atomic E-state index is 12.5. The van der Waals surface area contributed by atoms with E-state index in [1.165, 1.54) is 11.1 Å². The lowest BCUT2D eigenvalue weighted by molar-refractivity contribution is 0.748. The van der Waals surface area contributed by atoms with E-state index in [4.69, 9.17) is 0 Å². The molecule has 3 heteroatoms. The molecule has 0 radical (unpaired) electrons. The van der Waals surface area contributed by atoms with Gasteiger partial charge in [0, 0.05) is 0 Å². The lowest BCUT2D eigenvalue weighted by Crippen LogP contribution is -2.21. The standard InChI is InChI=1S/C21H16N2O/c24-21-19-8-4-5-9-20(19)22-15-23(21)14-16-10-12-18(13-11-16)17-6-2-1-3-7-17/h1-13,15H,14H2. The predicted octanol–water partition coefficient (Wildman–Crippen LogP) is 4.11. The van der Waals surface area contributed by atoms with Gasteiger partial charge in [-0.1, -0.05) is 66.7 Å². The first-order valence-electron chi connectivity index (χ1n) is 7.90. The van der Waals surface area contributed by atoms with E-state index in [0.29, 0.717) is 11.9 Å². The van der Waals surface area contributed by atoms with Crippen LogP contribution in [0.25, 0.3) is 22.0 Å². The smallest absolute Gasteiger partial charge is 0.261 e. The number of aromatic nitrogens is 2. The van der Waals surface area contributed by atoms with E-state index in [1.807, 2.05) is 42.5 Å². The van der Waals surface area contributed by atoms with E-state index in [1.54, 1.807) is 10.9 Å². The molecule has 0 amide bonds. The molecule has 0 spiro atoms. The second-order valence-corrected chi connectivity index (χ2v) is 5.76. The molecule has 4 aromatic rings. The molecule has 0 aliphatic heterocycles. The third-order valence-corrected chi connectivity index (χ3v) is 4.15. The van der Waals surface area contributed by atoms with Gasteiger partial charge in [-0.25, -0.2) is 4.98 Å². The average Bonchev–Trinajstić information content (AvgIpc) is 2.66. The number of hydrogen-bond acceptors (Lipinski definition) is 2. The van der Waals surface area contributed by atoms with E-state index in [9.17, 15) is 4.79 Å². The summed E-state index contributed by atoms with van der Waals surface area (Å²) in [6.07, 6.45) is 1.62. The zero-order valence-corrected chi connectivity index (χ0v) is 13.1. The zero-order chi connectivity index (χ0) is 16.4. The molecule has 116 valence electrons. The molecular formula is C21H16N2O. The van der Waals surface area contributed by atoms with Gasteiger partial charge in [0.05, 0.1) is 23.8 Å². The van der Waals surface area contributed by atoms with Gasteiger partial charge in [0.15, 0.2) is 0 Å². The molecule has 24 heavy (non-hydrogen) atoms. The number of hydrogen-bond donors (Lipinski definition) is 0. The second kappa shape index (κ2) is 6.13. The van der Waals surface area contributed by atoms with Gasteiger partial charge in [0.25, 0.3) is 5.56 Å². The summed E-state index contributed by atoms with van der Waals surface area (Å²) in [4.78, 5) is 16.9. The molecule has 0 N–H and O–H groups in total. The van der Waals surface area contributed by atoms with Crippen LogP contribution in [-0.4, -0.2) is 9.55 Å². The Hall–Kier alpha value is -3.20. The Balaban J connectivity index is 1.64. The highest BCUT2D eigenvalue weighted by Crippen LogP contribution is 2.19. The summed E-state index contributed by atoms with van der Waals surface area (Å²) < 4.78 is 1.65. The molecule has 0 saturated carbocycles. The fourth-order valence-corrected chi connectivity index (χ4v) is 2.85. The van der Waals surface area contributed by atoms with Crippen LogP contribution in [0.3, 0.4) is 0 Å². The van der Waals surface area contributed by atoms with Crippen LogP contribution in [0, 0.1) is 0 Å². The Kier molecular flexibility index (Phi) is 3.67. The summed E-state index contributed by atoms with van der Waals surface area (Å²) in [6.45, 7) is 0.520. The molecule has 0 aliphatic carbocycles. The topological polar surface area (TPSA) is 34.9 Å². The molecule has 0 bridgehead atoms. The quantitative estimate of drug-likeness (QED) is 0.570. The van der Waals surface area contributed by atoms with E-state index >= 15 is 0 Å². The predicted molar refractivity (Wildman–Crippen MR) is 97.0 cm³/mol. The Morgan fingerprint density at radius 2 is 1.42 bits per heavy atom. The number of rotatable bonds is 3. The number of benzene rings is 3. The van der Waals surface area contributed by atoms with Gasteiger partial charge in [-0.05, 0) is 28.8 Å². The molecule has 4 rings (SSSR count). The minimum absolute atomic E-state index is 0.00673. The van der Waals surface area contributed by atoms with Crippen molar-refractivity contribution in [2.45, 2.75) is 6.54 Å². The average molecular weight is 312 g/mol. The lowest BCUT2D eigenvalue weighted by atomic mass is 10.0. The maximum atomic E-state index is 12.5. The summed E-state index contributed by atoms with van der Waals surface area (Å²) in [5, 5.41) is 0.654. The molecule has 1 heterocycles. The van der Waals surface area contributed by atoms with E-state index in [2.05, 4.69) is 41.4 Å². The second-order valence-electron chi connectivity index (χ2n) is 5.76. The monoisotopic (exact) mass is 312 g/mol. The molecule has 0 aliphatic rings. The van der Waals surface area contributed by atoms with E-state index < -0.39 is 0 Å². The minimum Gasteiger partial charge on any atom is -0.294 e. The van der Waals surface area contributed by atoms with Gasteiger partial charge in [0.1, 0.15) is 0 Å². The van der Waals surface area contributed by atoms with Crippen molar-refractivity contribution in [2.75, 3.05) is 0 Å². The van der Waals surface area contributed by atoms with Crippen LogP contribution in [0.5, 0.6) is 0 Å². The Labute approximate surface area is 139 Å². The largest absolute Gasteiger partial charge is 0.294 e. The first-order chi connectivity index (χ1) is 11.8. The van der Waals surface area contributed by atoms with Crippen molar-refractivity contribution in [1.82, 2.24) is 9.55 Å². The summed E-state index contributed by atoms with van der Waals surface area (Å²) in [6, 6.07) is 26.0. The van der Waals surface area contributed by atoms with Crippen LogP contribution in [0.4, 0.5) is 0 Å². The van der Waals surface area contributed by atoms with E-state index in [-0.39, 0.29) is 5.56 Å². The molecule has 0 fully saturated rings. The molecule has 0 saturated heterocycles. The Morgan fingerprint density at radius 3 is 2.21 bits per heavy atom. The van der Waals surface area contributed by atoms with Crippen LogP contribution in [0.15, 0.2) is 90.0 Å². The van der Waals surface area contributed by atoms with Gasteiger partial charge < -0.3 is 0 Å². The zero-order valence-electron chi connectivity index (χ0n) is 13.1. The molecular weight excluding hydrogens is 296 g/mol. The highest BCUT2D eigenvalue weighted by Gasteiger charge is 2.04. The van der Waals surface area contributed by atoms with Crippen LogP contribution >= 0.6 is 0 Å². The number of nitrogens with zero attached hydrogens (tertiary/aromatic N) is 2. The third kappa shape index (κ3) is 2.72. The molecule has 1 aromatic heterocycles. The Morgan fingerprint density at radius 1 is 0.750 bits per heavy atom. The fraction of sp³-hybridized carbons (Fsp3) is 0.0476. The van der Waals surface area contributed by atoms with Crippen molar-refractivity contribution >= 4 is 10.9 Å². The van der Waals surface area contributed by atoms with Crippen molar-refractivity contribution in [3.8, 4) is 11.1 Å². The van der Waals surface area contributed by atoms with Crippen LogP contribution < -0.4 is 5.56 Å². The SMILES string of the molecule is O=c1c2ccccc2ncn1Cc1ccc(-c2ccccc2)cc1. The normalized spacial score (nSPS) is 10.8. The summed E-state index contributed by atoms with van der Waals surface area (Å²) in [5.74, 6) is 0.